The van der Waals surface area contributed by atoms with E-state index in [1.54, 1.807) is 12.1 Å². The Morgan fingerprint density at radius 2 is 1.72 bits per heavy atom. The second-order valence-corrected chi connectivity index (χ2v) is 11.9. The molecule has 2 heterocycles. The van der Waals surface area contributed by atoms with Gasteiger partial charge in [0.15, 0.2) is 21.2 Å². The van der Waals surface area contributed by atoms with Crippen LogP contribution in [0.3, 0.4) is 0 Å². The lowest BCUT2D eigenvalue weighted by molar-refractivity contribution is -0.141. The van der Waals surface area contributed by atoms with E-state index >= 15 is 0 Å². The van der Waals surface area contributed by atoms with Gasteiger partial charge in [0.2, 0.25) is 11.8 Å². The third kappa shape index (κ3) is 3.37. The molecule has 2 aromatic rings. The standard InChI is InChI=1S/C29H26Cl2N2O6/c1-32-26(37)28(30)13-19-17(23(29(28,31)27(32)38)16-8-11-20(34)21(12-16)39-2)9-10-18-22(19)25(36)33(24(18)35)14-15-6-4-3-5-7-15/h3-9,11-12,18-19,22-23,34H,10,13-14H2,1-2H3. The van der Waals surface area contributed by atoms with E-state index in [2.05, 4.69) is 0 Å². The van der Waals surface area contributed by atoms with E-state index in [0.717, 1.165) is 10.5 Å². The molecule has 4 amide bonds. The first-order valence-corrected chi connectivity index (χ1v) is 13.5. The van der Waals surface area contributed by atoms with Crippen molar-refractivity contribution >= 4 is 46.8 Å². The number of methoxy groups -OCH3 is 1. The number of allylic oxidation sites excluding steroid dienone is 2. The van der Waals surface area contributed by atoms with Gasteiger partial charge in [0.25, 0.3) is 11.8 Å². The number of carbonyl (C=O) groups is 4. The normalized spacial score (nSPS) is 33.6. The van der Waals surface area contributed by atoms with E-state index in [1.807, 2.05) is 36.4 Å². The number of nitrogens with zero attached hydrogens (tertiary/aromatic N) is 2. The first-order valence-electron chi connectivity index (χ1n) is 12.7. The van der Waals surface area contributed by atoms with Gasteiger partial charge >= 0.3 is 0 Å². The minimum absolute atomic E-state index is 0.0656. The van der Waals surface area contributed by atoms with Gasteiger partial charge in [0, 0.05) is 13.0 Å². The number of hydrogen-bond donors (Lipinski definition) is 1. The molecular formula is C29H26Cl2N2O6. The number of hydrogen-bond acceptors (Lipinski definition) is 6. The molecule has 2 saturated heterocycles. The molecule has 4 aliphatic rings. The zero-order valence-corrected chi connectivity index (χ0v) is 22.8. The van der Waals surface area contributed by atoms with Gasteiger partial charge in [-0.25, -0.2) is 0 Å². The summed E-state index contributed by atoms with van der Waals surface area (Å²) in [4.78, 5) is 53.0. The number of rotatable bonds is 4. The molecule has 3 fully saturated rings. The van der Waals surface area contributed by atoms with Crippen LogP contribution in [0.15, 0.2) is 60.2 Å². The van der Waals surface area contributed by atoms with Gasteiger partial charge in [0.1, 0.15) is 0 Å². The quantitative estimate of drug-likeness (QED) is 0.343. The molecule has 0 spiro atoms. The Labute approximate surface area is 235 Å². The highest BCUT2D eigenvalue weighted by Gasteiger charge is 2.75. The van der Waals surface area contributed by atoms with E-state index in [0.29, 0.717) is 11.1 Å². The van der Waals surface area contributed by atoms with Gasteiger partial charge in [-0.15, -0.1) is 23.2 Å². The van der Waals surface area contributed by atoms with Crippen LogP contribution in [0, 0.1) is 17.8 Å². The summed E-state index contributed by atoms with van der Waals surface area (Å²) in [5, 5.41) is 10.2. The van der Waals surface area contributed by atoms with Gasteiger partial charge < -0.3 is 9.84 Å². The maximum absolute atomic E-state index is 13.9. The van der Waals surface area contributed by atoms with Crippen LogP contribution in [-0.2, 0) is 25.7 Å². The highest BCUT2D eigenvalue weighted by Crippen LogP contribution is 2.65. The molecule has 10 heteroatoms. The van der Waals surface area contributed by atoms with Crippen LogP contribution < -0.4 is 4.74 Å². The Bertz CT molecular complexity index is 1460. The fraction of sp³-hybridized carbons (Fsp3) is 0.379. The van der Waals surface area contributed by atoms with E-state index < -0.39 is 45.2 Å². The van der Waals surface area contributed by atoms with Crippen molar-refractivity contribution in [3.8, 4) is 11.5 Å². The van der Waals surface area contributed by atoms with Crippen LogP contribution in [0.1, 0.15) is 29.9 Å². The zero-order chi connectivity index (χ0) is 27.9. The molecule has 1 saturated carbocycles. The second kappa shape index (κ2) is 8.83. The van der Waals surface area contributed by atoms with Crippen LogP contribution in [0.2, 0.25) is 0 Å². The molecule has 6 unspecified atom stereocenters. The molecule has 6 atom stereocenters. The number of likely N-dealkylation sites (tertiary alicyclic amines) is 2. The third-order valence-electron chi connectivity index (χ3n) is 8.83. The molecule has 0 aromatic heterocycles. The zero-order valence-electron chi connectivity index (χ0n) is 21.3. The minimum atomic E-state index is -1.88. The molecule has 2 aliphatic carbocycles. The van der Waals surface area contributed by atoms with Gasteiger partial charge in [-0.3, -0.25) is 29.0 Å². The summed E-state index contributed by atoms with van der Waals surface area (Å²) in [5.41, 5.74) is 2.03. The number of amides is 4. The highest BCUT2D eigenvalue weighted by molar-refractivity contribution is 6.53. The minimum Gasteiger partial charge on any atom is -0.504 e. The number of imide groups is 2. The van der Waals surface area contributed by atoms with Crippen LogP contribution in [-0.4, -0.2) is 62.4 Å². The number of fused-ring (bicyclic) bond motifs is 4. The van der Waals surface area contributed by atoms with Crippen molar-refractivity contribution in [3.63, 3.8) is 0 Å². The van der Waals surface area contributed by atoms with E-state index in [9.17, 15) is 24.3 Å². The Hall–Kier alpha value is -3.36. The van der Waals surface area contributed by atoms with Gasteiger partial charge in [0.05, 0.1) is 25.5 Å². The van der Waals surface area contributed by atoms with Gasteiger partial charge in [-0.05, 0) is 42.0 Å². The molecule has 1 N–H and O–H groups in total. The topological polar surface area (TPSA) is 104 Å². The summed E-state index contributed by atoms with van der Waals surface area (Å²) in [6.45, 7) is 0.151. The van der Waals surface area contributed by atoms with E-state index in [1.165, 1.54) is 25.1 Å². The Morgan fingerprint density at radius 3 is 2.41 bits per heavy atom. The van der Waals surface area contributed by atoms with Crippen LogP contribution in [0.5, 0.6) is 11.5 Å². The lowest BCUT2D eigenvalue weighted by Gasteiger charge is -2.50. The lowest BCUT2D eigenvalue weighted by Crippen LogP contribution is -2.60. The van der Waals surface area contributed by atoms with Crippen molar-refractivity contribution in [2.24, 2.45) is 17.8 Å². The van der Waals surface area contributed by atoms with Crippen LogP contribution >= 0.6 is 23.2 Å². The largest absolute Gasteiger partial charge is 0.504 e. The Balaban J connectivity index is 1.48. The molecule has 8 nitrogen and oxygen atoms in total. The monoisotopic (exact) mass is 568 g/mol. The van der Waals surface area contributed by atoms with Crippen molar-refractivity contribution in [3.05, 3.63) is 71.3 Å². The molecule has 2 aliphatic heterocycles. The number of halogens is 2. The molecule has 2 aromatic carbocycles. The predicted molar refractivity (Wildman–Crippen MR) is 142 cm³/mol. The Morgan fingerprint density at radius 1 is 1.00 bits per heavy atom. The average Bonchev–Trinajstić information content (AvgIpc) is 3.24. The Kier molecular flexibility index (Phi) is 5.86. The van der Waals surface area contributed by atoms with Crippen molar-refractivity contribution in [1.29, 1.82) is 0 Å². The first-order chi connectivity index (χ1) is 18.5. The fourth-order valence-electron chi connectivity index (χ4n) is 6.98. The van der Waals surface area contributed by atoms with Gasteiger partial charge in [-0.1, -0.05) is 48.0 Å². The maximum atomic E-state index is 13.9. The van der Waals surface area contributed by atoms with Gasteiger partial charge in [-0.2, -0.15) is 0 Å². The molecule has 0 radical (unpaired) electrons. The van der Waals surface area contributed by atoms with E-state index in [4.69, 9.17) is 27.9 Å². The van der Waals surface area contributed by atoms with Crippen LogP contribution in [0.25, 0.3) is 0 Å². The average molecular weight is 569 g/mol. The number of ether oxygens (including phenoxy) is 1. The fourth-order valence-corrected chi connectivity index (χ4v) is 8.00. The molecule has 0 bridgehead atoms. The summed E-state index contributed by atoms with van der Waals surface area (Å²) in [6.07, 6.45) is 2.10. The summed E-state index contributed by atoms with van der Waals surface area (Å²) < 4.78 is 5.31. The molecule has 6 rings (SSSR count). The number of carbonyl (C=O) groups excluding carboxylic acids is 4. The number of benzene rings is 2. The van der Waals surface area contributed by atoms with Crippen molar-refractivity contribution in [1.82, 2.24) is 9.80 Å². The van der Waals surface area contributed by atoms with E-state index in [-0.39, 0.29) is 42.7 Å². The number of phenols is 1. The SMILES string of the molecule is COc1cc(C2C3=CCC4C(=O)N(Cc5ccccc5)C(=O)C4C3CC3(Cl)C(=O)N(C)C(=O)C23Cl)ccc1O. The highest BCUT2D eigenvalue weighted by atomic mass is 35.5. The summed E-state index contributed by atoms with van der Waals surface area (Å²) in [7, 11) is 2.75. The third-order valence-corrected chi connectivity index (χ3v) is 10.2. The maximum Gasteiger partial charge on any atom is 0.253 e. The second-order valence-electron chi connectivity index (χ2n) is 10.7. The van der Waals surface area contributed by atoms with Crippen molar-refractivity contribution in [2.75, 3.05) is 14.2 Å². The molecule has 202 valence electrons. The number of phenolic OH excluding ortho intramolecular Hbond substituents is 1. The van der Waals surface area contributed by atoms with Crippen LogP contribution in [0.4, 0.5) is 0 Å². The molecule has 39 heavy (non-hydrogen) atoms. The van der Waals surface area contributed by atoms with Crippen molar-refractivity contribution in [2.45, 2.75) is 35.1 Å². The number of aromatic hydroxyl groups is 1. The first kappa shape index (κ1) is 25.9. The van der Waals surface area contributed by atoms with Crippen molar-refractivity contribution < 1.29 is 29.0 Å². The lowest BCUT2D eigenvalue weighted by atomic mass is 9.56. The predicted octanol–water partition coefficient (Wildman–Crippen LogP) is 3.59. The summed E-state index contributed by atoms with van der Waals surface area (Å²) in [5.74, 6) is -4.64. The molecular weight excluding hydrogens is 543 g/mol. The summed E-state index contributed by atoms with van der Waals surface area (Å²) in [6, 6.07) is 13.9. The smallest absolute Gasteiger partial charge is 0.253 e. The summed E-state index contributed by atoms with van der Waals surface area (Å²) >= 11 is 14.3. The number of alkyl halides is 2.